The van der Waals surface area contributed by atoms with Gasteiger partial charge in [0, 0.05) is 24.6 Å². The molecule has 0 aliphatic heterocycles. The molecule has 0 saturated heterocycles. The minimum atomic E-state index is 0.189. The van der Waals surface area contributed by atoms with Gasteiger partial charge in [-0.1, -0.05) is 38.1 Å². The molecular formula is C29H36N2O3. The summed E-state index contributed by atoms with van der Waals surface area (Å²) in [6, 6.07) is 18.6. The van der Waals surface area contributed by atoms with Gasteiger partial charge in [0.1, 0.15) is 0 Å². The normalized spacial score (nSPS) is 13.8. The van der Waals surface area contributed by atoms with Gasteiger partial charge in [-0.2, -0.15) is 0 Å². The van der Waals surface area contributed by atoms with Gasteiger partial charge in [-0.15, -0.1) is 0 Å². The van der Waals surface area contributed by atoms with Crippen molar-refractivity contribution in [2.75, 3.05) is 18.6 Å². The molecule has 0 atom stereocenters. The highest BCUT2D eigenvalue weighted by Crippen LogP contribution is 2.48. The number of ether oxygens (including phenoxy) is 3. The zero-order valence-corrected chi connectivity index (χ0v) is 20.6. The second kappa shape index (κ2) is 11.8. The number of aromatic nitrogens is 1. The van der Waals surface area contributed by atoms with E-state index in [4.69, 9.17) is 14.2 Å². The number of para-hydroxylation sites is 1. The van der Waals surface area contributed by atoms with E-state index in [0.717, 1.165) is 47.7 Å². The standard InChI is InChI=1S/C29H36N2O3/c1-22(2)17-19-33-27-16-15-26(28(29(27)32-3)34-25-13-7-8-14-25)31(24-11-5-4-6-12-24)21-23-10-9-18-30-20-23/h4-6,9-12,15-16,18,20,22,25H,7-8,13-14,17,19,21H2,1-3H3. The minimum absolute atomic E-state index is 0.189. The smallest absolute Gasteiger partial charge is 0.205 e. The van der Waals surface area contributed by atoms with Gasteiger partial charge < -0.3 is 19.1 Å². The Morgan fingerprint density at radius 2 is 1.76 bits per heavy atom. The number of pyridine rings is 1. The van der Waals surface area contributed by atoms with Crippen molar-refractivity contribution in [2.24, 2.45) is 5.92 Å². The van der Waals surface area contributed by atoms with E-state index in [-0.39, 0.29) is 6.10 Å². The summed E-state index contributed by atoms with van der Waals surface area (Å²) < 4.78 is 18.8. The lowest BCUT2D eigenvalue weighted by molar-refractivity contribution is 0.196. The van der Waals surface area contributed by atoms with Crippen LogP contribution in [0.5, 0.6) is 17.2 Å². The highest BCUT2D eigenvalue weighted by atomic mass is 16.5. The van der Waals surface area contributed by atoms with Crippen molar-refractivity contribution in [3.63, 3.8) is 0 Å². The fourth-order valence-electron chi connectivity index (χ4n) is 4.34. The summed E-state index contributed by atoms with van der Waals surface area (Å²) in [4.78, 5) is 6.59. The molecule has 1 aromatic heterocycles. The molecule has 5 heteroatoms. The maximum atomic E-state index is 6.67. The van der Waals surface area contributed by atoms with E-state index in [1.54, 1.807) is 13.3 Å². The van der Waals surface area contributed by atoms with E-state index < -0.39 is 0 Å². The average molecular weight is 461 g/mol. The molecule has 4 rings (SSSR count). The Morgan fingerprint density at radius 1 is 0.971 bits per heavy atom. The molecule has 1 saturated carbocycles. The van der Waals surface area contributed by atoms with E-state index in [9.17, 15) is 0 Å². The van der Waals surface area contributed by atoms with Crippen molar-refractivity contribution < 1.29 is 14.2 Å². The molecule has 0 spiro atoms. The van der Waals surface area contributed by atoms with Gasteiger partial charge in [0.05, 0.1) is 25.5 Å². The largest absolute Gasteiger partial charge is 0.490 e. The Balaban J connectivity index is 1.77. The van der Waals surface area contributed by atoms with Gasteiger partial charge in [0.25, 0.3) is 0 Å². The van der Waals surface area contributed by atoms with Gasteiger partial charge in [0.15, 0.2) is 11.5 Å². The van der Waals surface area contributed by atoms with Crippen LogP contribution in [-0.4, -0.2) is 24.8 Å². The van der Waals surface area contributed by atoms with Crippen LogP contribution >= 0.6 is 0 Å². The summed E-state index contributed by atoms with van der Waals surface area (Å²) in [5.41, 5.74) is 3.17. The maximum Gasteiger partial charge on any atom is 0.205 e. The second-order valence-electron chi connectivity index (χ2n) is 9.28. The van der Waals surface area contributed by atoms with Crippen LogP contribution in [0.2, 0.25) is 0 Å². The van der Waals surface area contributed by atoms with Crippen molar-refractivity contribution in [1.29, 1.82) is 0 Å². The SMILES string of the molecule is COc1c(OCCC(C)C)ccc(N(Cc2cccnc2)c2ccccc2)c1OC1CCCC1. The topological polar surface area (TPSA) is 43.8 Å². The number of nitrogens with zero attached hydrogens (tertiary/aromatic N) is 2. The summed E-state index contributed by atoms with van der Waals surface area (Å²) >= 11 is 0. The van der Waals surface area contributed by atoms with Gasteiger partial charge in [-0.3, -0.25) is 4.98 Å². The van der Waals surface area contributed by atoms with Gasteiger partial charge in [0.2, 0.25) is 5.75 Å². The second-order valence-corrected chi connectivity index (χ2v) is 9.28. The Morgan fingerprint density at radius 3 is 2.44 bits per heavy atom. The van der Waals surface area contributed by atoms with E-state index in [2.05, 4.69) is 60.1 Å². The molecule has 0 radical (unpaired) electrons. The number of anilines is 2. The monoisotopic (exact) mass is 460 g/mol. The predicted octanol–water partition coefficient (Wildman–Crippen LogP) is 7.17. The van der Waals surface area contributed by atoms with Crippen LogP contribution in [0, 0.1) is 5.92 Å². The molecule has 1 heterocycles. The molecule has 180 valence electrons. The summed E-state index contributed by atoms with van der Waals surface area (Å²) in [6.45, 7) is 5.72. The first-order chi connectivity index (χ1) is 16.7. The van der Waals surface area contributed by atoms with Crippen molar-refractivity contribution in [3.8, 4) is 17.2 Å². The van der Waals surface area contributed by atoms with Crippen LogP contribution in [0.25, 0.3) is 0 Å². The highest BCUT2D eigenvalue weighted by molar-refractivity contribution is 5.75. The molecule has 1 aliphatic carbocycles. The fourth-order valence-corrected chi connectivity index (χ4v) is 4.34. The van der Waals surface area contributed by atoms with Crippen molar-refractivity contribution in [1.82, 2.24) is 4.98 Å². The first kappa shape index (κ1) is 23.9. The predicted molar refractivity (Wildman–Crippen MR) is 137 cm³/mol. The van der Waals surface area contributed by atoms with E-state index in [0.29, 0.717) is 24.8 Å². The Bertz CT molecular complexity index is 1020. The third-order valence-electron chi connectivity index (χ3n) is 6.22. The third-order valence-corrected chi connectivity index (χ3v) is 6.22. The molecule has 5 nitrogen and oxygen atoms in total. The molecule has 0 amide bonds. The number of methoxy groups -OCH3 is 1. The van der Waals surface area contributed by atoms with Gasteiger partial charge in [-0.25, -0.2) is 0 Å². The molecule has 1 fully saturated rings. The van der Waals surface area contributed by atoms with Crippen LogP contribution in [-0.2, 0) is 6.54 Å². The minimum Gasteiger partial charge on any atom is -0.490 e. The zero-order valence-electron chi connectivity index (χ0n) is 20.6. The maximum absolute atomic E-state index is 6.67. The van der Waals surface area contributed by atoms with Crippen LogP contribution in [0.1, 0.15) is 51.5 Å². The molecule has 1 aliphatic rings. The van der Waals surface area contributed by atoms with Crippen molar-refractivity contribution in [2.45, 2.75) is 58.6 Å². The lowest BCUT2D eigenvalue weighted by Gasteiger charge is -2.30. The molecule has 3 aromatic rings. The molecule has 0 bridgehead atoms. The summed E-state index contributed by atoms with van der Waals surface area (Å²) in [6.07, 6.45) is 9.42. The fraction of sp³-hybridized carbons (Fsp3) is 0.414. The first-order valence-electron chi connectivity index (χ1n) is 12.4. The van der Waals surface area contributed by atoms with Crippen molar-refractivity contribution in [3.05, 3.63) is 72.6 Å². The summed E-state index contributed by atoms with van der Waals surface area (Å²) in [7, 11) is 1.70. The molecule has 34 heavy (non-hydrogen) atoms. The zero-order chi connectivity index (χ0) is 23.8. The van der Waals surface area contributed by atoms with Crippen molar-refractivity contribution >= 4 is 11.4 Å². The van der Waals surface area contributed by atoms with Gasteiger partial charge >= 0.3 is 0 Å². The van der Waals surface area contributed by atoms with Gasteiger partial charge in [-0.05, 0) is 73.9 Å². The third kappa shape index (κ3) is 6.02. The van der Waals surface area contributed by atoms with Crippen LogP contribution in [0.3, 0.4) is 0 Å². The molecule has 0 N–H and O–H groups in total. The van der Waals surface area contributed by atoms with E-state index in [1.165, 1.54) is 12.8 Å². The highest BCUT2D eigenvalue weighted by Gasteiger charge is 2.26. The summed E-state index contributed by atoms with van der Waals surface area (Å²) in [5, 5.41) is 0. The van der Waals surface area contributed by atoms with E-state index in [1.807, 2.05) is 24.4 Å². The Labute approximate surface area is 203 Å². The number of benzene rings is 2. The first-order valence-corrected chi connectivity index (χ1v) is 12.4. The average Bonchev–Trinajstić information content (AvgIpc) is 3.37. The lowest BCUT2D eigenvalue weighted by Crippen LogP contribution is -2.20. The van der Waals surface area contributed by atoms with E-state index >= 15 is 0 Å². The Kier molecular flexibility index (Phi) is 8.29. The quantitative estimate of drug-likeness (QED) is 0.303. The Hall–Kier alpha value is -3.21. The van der Waals surface area contributed by atoms with Crippen LogP contribution in [0.15, 0.2) is 67.0 Å². The van der Waals surface area contributed by atoms with Crippen LogP contribution in [0.4, 0.5) is 11.4 Å². The number of hydrogen-bond donors (Lipinski definition) is 0. The molecular weight excluding hydrogens is 424 g/mol. The van der Waals surface area contributed by atoms with Crippen LogP contribution < -0.4 is 19.1 Å². The molecule has 2 aromatic carbocycles. The summed E-state index contributed by atoms with van der Waals surface area (Å²) in [5.74, 6) is 2.73. The lowest BCUT2D eigenvalue weighted by atomic mass is 10.1. The molecule has 0 unspecified atom stereocenters. The number of hydrogen-bond acceptors (Lipinski definition) is 5. The number of rotatable bonds is 11.